The molecule has 4 heterocycles. The highest BCUT2D eigenvalue weighted by molar-refractivity contribution is 5.32. The predicted molar refractivity (Wildman–Crippen MR) is 88.6 cm³/mol. The first-order valence-electron chi connectivity index (χ1n) is 8.44. The van der Waals surface area contributed by atoms with E-state index in [2.05, 4.69) is 25.3 Å². The molecule has 1 N–H and O–H groups in total. The number of rotatable bonds is 4. The van der Waals surface area contributed by atoms with Crippen molar-refractivity contribution < 1.29 is 9.26 Å². The minimum absolute atomic E-state index is 0.0428. The van der Waals surface area contributed by atoms with Crippen molar-refractivity contribution in [3.8, 4) is 0 Å². The van der Waals surface area contributed by atoms with Gasteiger partial charge in [-0.25, -0.2) is 4.98 Å². The number of nitrogens with one attached hydrogen (secondary N) is 1. The van der Waals surface area contributed by atoms with Crippen molar-refractivity contribution in [2.24, 2.45) is 0 Å². The van der Waals surface area contributed by atoms with E-state index in [9.17, 15) is 0 Å². The molecule has 128 valence electrons. The molecule has 2 aromatic rings. The number of nitrogens with zero attached hydrogens (tertiary/aromatic N) is 4. The van der Waals surface area contributed by atoms with Crippen LogP contribution in [0.25, 0.3) is 0 Å². The van der Waals surface area contributed by atoms with Crippen LogP contribution >= 0.6 is 0 Å². The van der Waals surface area contributed by atoms with Crippen molar-refractivity contribution in [3.05, 3.63) is 35.6 Å². The highest BCUT2D eigenvalue weighted by Crippen LogP contribution is 2.36. The maximum absolute atomic E-state index is 6.20. The van der Waals surface area contributed by atoms with Gasteiger partial charge >= 0.3 is 0 Å². The van der Waals surface area contributed by atoms with Crippen molar-refractivity contribution >= 4 is 5.82 Å². The Labute approximate surface area is 141 Å². The molecule has 0 radical (unpaired) electrons. The number of likely N-dealkylation sites (tertiary alicyclic amines) is 1. The molecule has 0 aliphatic carbocycles. The molecular weight excluding hydrogens is 306 g/mol. The maximum atomic E-state index is 6.20. The summed E-state index contributed by atoms with van der Waals surface area (Å²) in [4.78, 5) is 10.8. The molecule has 7 heteroatoms. The first kappa shape index (κ1) is 15.5. The van der Waals surface area contributed by atoms with Gasteiger partial charge in [0, 0.05) is 44.0 Å². The van der Waals surface area contributed by atoms with E-state index in [1.165, 1.54) is 5.56 Å². The van der Waals surface area contributed by atoms with Crippen LogP contribution in [0.1, 0.15) is 29.9 Å². The monoisotopic (exact) mass is 329 g/mol. The Bertz CT molecular complexity index is 685. The Hall–Kier alpha value is -1.99. The van der Waals surface area contributed by atoms with Crippen molar-refractivity contribution in [2.75, 3.05) is 25.0 Å². The highest BCUT2D eigenvalue weighted by Gasteiger charge is 2.45. The van der Waals surface area contributed by atoms with E-state index < -0.39 is 0 Å². The maximum Gasteiger partial charge on any atom is 0.144 e. The molecule has 2 aliphatic heterocycles. The van der Waals surface area contributed by atoms with Gasteiger partial charge in [-0.3, -0.25) is 9.88 Å². The summed E-state index contributed by atoms with van der Waals surface area (Å²) in [5, 5.41) is 7.48. The van der Waals surface area contributed by atoms with E-state index in [-0.39, 0.29) is 5.60 Å². The van der Waals surface area contributed by atoms with Crippen LogP contribution in [0.5, 0.6) is 0 Å². The van der Waals surface area contributed by atoms with Crippen LogP contribution in [0.4, 0.5) is 5.82 Å². The fraction of sp³-hybridized carbons (Fsp3) is 0.588. The summed E-state index contributed by atoms with van der Waals surface area (Å²) in [6, 6.07) is 0.292. The summed E-state index contributed by atoms with van der Waals surface area (Å²) in [5.74, 6) is 1.73. The molecule has 0 saturated carbocycles. The first-order valence-corrected chi connectivity index (χ1v) is 8.44. The van der Waals surface area contributed by atoms with Gasteiger partial charge in [-0.05, 0) is 20.3 Å². The van der Waals surface area contributed by atoms with Crippen molar-refractivity contribution in [2.45, 2.75) is 44.9 Å². The van der Waals surface area contributed by atoms with E-state index in [1.54, 1.807) is 18.6 Å². The number of aryl methyl sites for hydroxylation is 2. The van der Waals surface area contributed by atoms with E-state index >= 15 is 0 Å². The Kier molecular flexibility index (Phi) is 3.97. The number of hydrogen-bond acceptors (Lipinski definition) is 7. The standard InChI is InChI=1S/C17H23N5O2/c1-12-15(13(2)24-21-12)9-22-6-3-17(11-22)7-14(10-23-17)20-16-8-18-4-5-19-16/h4-5,8,14H,3,6-7,9-11H2,1-2H3,(H,19,20). The number of hydrogen-bond donors (Lipinski definition) is 1. The molecule has 1 spiro atoms. The van der Waals surface area contributed by atoms with Gasteiger partial charge in [-0.2, -0.15) is 0 Å². The topological polar surface area (TPSA) is 76.3 Å². The van der Waals surface area contributed by atoms with Crippen LogP contribution in [-0.2, 0) is 11.3 Å². The Balaban J connectivity index is 1.36. The zero-order chi connectivity index (χ0) is 16.6. The molecule has 2 unspecified atom stereocenters. The summed E-state index contributed by atoms with van der Waals surface area (Å²) in [6.45, 7) is 7.58. The predicted octanol–water partition coefficient (Wildman–Crippen LogP) is 1.93. The van der Waals surface area contributed by atoms with Gasteiger partial charge in [-0.1, -0.05) is 5.16 Å². The molecule has 4 rings (SSSR count). The molecule has 2 saturated heterocycles. The van der Waals surface area contributed by atoms with E-state index in [4.69, 9.17) is 9.26 Å². The summed E-state index contributed by atoms with van der Waals surface area (Å²) in [6.07, 6.45) is 7.20. The molecule has 0 aromatic carbocycles. The average Bonchev–Trinajstić information content (AvgIpc) is 3.26. The molecular formula is C17H23N5O2. The summed E-state index contributed by atoms with van der Waals surface area (Å²) in [5.41, 5.74) is 2.15. The number of anilines is 1. The summed E-state index contributed by atoms with van der Waals surface area (Å²) in [7, 11) is 0. The first-order chi connectivity index (χ1) is 11.6. The fourth-order valence-corrected chi connectivity index (χ4v) is 3.82. The Morgan fingerprint density at radius 2 is 2.29 bits per heavy atom. The molecule has 2 atom stereocenters. The number of aromatic nitrogens is 3. The van der Waals surface area contributed by atoms with Crippen molar-refractivity contribution in [1.29, 1.82) is 0 Å². The van der Waals surface area contributed by atoms with E-state index in [1.807, 2.05) is 13.8 Å². The van der Waals surface area contributed by atoms with Gasteiger partial charge in [0.1, 0.15) is 11.6 Å². The second-order valence-electron chi connectivity index (χ2n) is 6.89. The van der Waals surface area contributed by atoms with E-state index in [0.29, 0.717) is 6.04 Å². The van der Waals surface area contributed by atoms with Crippen LogP contribution in [-0.4, -0.2) is 51.4 Å². The molecule has 24 heavy (non-hydrogen) atoms. The molecule has 2 fully saturated rings. The second-order valence-corrected chi connectivity index (χ2v) is 6.89. The normalized spacial score (nSPS) is 27.2. The Morgan fingerprint density at radius 1 is 1.38 bits per heavy atom. The van der Waals surface area contributed by atoms with Gasteiger partial charge < -0.3 is 14.6 Å². The van der Waals surface area contributed by atoms with Crippen LogP contribution in [0.15, 0.2) is 23.1 Å². The molecule has 2 aliphatic rings. The van der Waals surface area contributed by atoms with Crippen LogP contribution < -0.4 is 5.32 Å². The van der Waals surface area contributed by atoms with Crippen LogP contribution in [0, 0.1) is 13.8 Å². The largest absolute Gasteiger partial charge is 0.371 e. The minimum Gasteiger partial charge on any atom is -0.371 e. The minimum atomic E-state index is -0.0428. The zero-order valence-electron chi connectivity index (χ0n) is 14.2. The summed E-state index contributed by atoms with van der Waals surface area (Å²) < 4.78 is 11.5. The molecule has 0 bridgehead atoms. The number of ether oxygens (including phenoxy) is 1. The third kappa shape index (κ3) is 3.01. The smallest absolute Gasteiger partial charge is 0.144 e. The molecule has 7 nitrogen and oxygen atoms in total. The zero-order valence-corrected chi connectivity index (χ0v) is 14.2. The third-order valence-corrected chi connectivity index (χ3v) is 5.08. The van der Waals surface area contributed by atoms with Crippen molar-refractivity contribution in [3.63, 3.8) is 0 Å². The summed E-state index contributed by atoms with van der Waals surface area (Å²) >= 11 is 0. The van der Waals surface area contributed by atoms with Gasteiger partial charge in [0.15, 0.2) is 0 Å². The lowest BCUT2D eigenvalue weighted by atomic mass is 9.97. The quantitative estimate of drug-likeness (QED) is 0.918. The second kappa shape index (κ2) is 6.14. The average molecular weight is 329 g/mol. The van der Waals surface area contributed by atoms with Gasteiger partial charge in [0.25, 0.3) is 0 Å². The third-order valence-electron chi connectivity index (χ3n) is 5.08. The SMILES string of the molecule is Cc1noc(C)c1CN1CCC2(CC(Nc3cnccn3)CO2)C1. The molecule has 0 amide bonds. The lowest BCUT2D eigenvalue weighted by Gasteiger charge is -2.23. The van der Waals surface area contributed by atoms with Crippen LogP contribution in [0.2, 0.25) is 0 Å². The lowest BCUT2D eigenvalue weighted by Crippen LogP contribution is -2.33. The van der Waals surface area contributed by atoms with Gasteiger partial charge in [-0.15, -0.1) is 0 Å². The molecule has 2 aromatic heterocycles. The lowest BCUT2D eigenvalue weighted by molar-refractivity contribution is 0.0119. The highest BCUT2D eigenvalue weighted by atomic mass is 16.5. The van der Waals surface area contributed by atoms with E-state index in [0.717, 1.165) is 56.4 Å². The van der Waals surface area contributed by atoms with Crippen LogP contribution in [0.3, 0.4) is 0 Å². The van der Waals surface area contributed by atoms with Crippen molar-refractivity contribution in [1.82, 2.24) is 20.0 Å². The van der Waals surface area contributed by atoms with Gasteiger partial charge in [0.2, 0.25) is 0 Å². The van der Waals surface area contributed by atoms with Gasteiger partial charge in [0.05, 0.1) is 30.1 Å². The Morgan fingerprint density at radius 3 is 3.04 bits per heavy atom. The fourth-order valence-electron chi connectivity index (χ4n) is 3.82.